The topological polar surface area (TPSA) is 77.0 Å². The number of ether oxygens (including phenoxy) is 3. The van der Waals surface area contributed by atoms with Crippen LogP contribution in [0.2, 0.25) is 0 Å². The zero-order chi connectivity index (χ0) is 21.5. The number of morpholine rings is 2. The van der Waals surface area contributed by atoms with Crippen LogP contribution in [0.15, 0.2) is 41.6 Å². The van der Waals surface area contributed by atoms with Gasteiger partial charge in [-0.2, -0.15) is 0 Å². The molecule has 0 radical (unpaired) electrons. The van der Waals surface area contributed by atoms with Crippen LogP contribution in [0.5, 0.6) is 0 Å². The molecule has 1 unspecified atom stereocenters. The van der Waals surface area contributed by atoms with Crippen molar-refractivity contribution in [1.82, 2.24) is 9.97 Å². The second-order valence-corrected chi connectivity index (χ2v) is 8.30. The molecule has 0 N–H and O–H groups in total. The molecule has 8 nitrogen and oxygen atoms in total. The number of anilines is 2. The Labute approximate surface area is 186 Å². The molecule has 9 heteroatoms. The third-order valence-electron chi connectivity index (χ3n) is 5.17. The molecule has 166 valence electrons. The Hall–Kier alpha value is -2.36. The lowest BCUT2D eigenvalue weighted by atomic mass is 10.1. The lowest BCUT2D eigenvalue weighted by Gasteiger charge is -2.31. The van der Waals surface area contributed by atoms with Crippen molar-refractivity contribution in [2.45, 2.75) is 17.3 Å². The summed E-state index contributed by atoms with van der Waals surface area (Å²) in [5, 5.41) is 0.0334. The first-order valence-electron chi connectivity index (χ1n) is 10.7. The minimum atomic E-state index is -0.529. The number of carbonyl (C=O) groups is 1. The molecule has 0 aliphatic carbocycles. The predicted molar refractivity (Wildman–Crippen MR) is 120 cm³/mol. The second-order valence-electron chi connectivity index (χ2n) is 7.23. The smallest absolute Gasteiger partial charge is 0.324 e. The van der Waals surface area contributed by atoms with E-state index in [1.807, 2.05) is 43.3 Å². The molecular formula is C22H28N4O4S. The van der Waals surface area contributed by atoms with Crippen molar-refractivity contribution >= 4 is 29.4 Å². The SMILES string of the molecule is CCOC(=O)C(Sc1nc(N2CCOCC2)cc(N2CCOCC2)n1)c1ccccc1. The summed E-state index contributed by atoms with van der Waals surface area (Å²) in [7, 11) is 0. The first-order valence-corrected chi connectivity index (χ1v) is 11.6. The number of hydrogen-bond donors (Lipinski definition) is 0. The highest BCUT2D eigenvalue weighted by molar-refractivity contribution is 8.00. The maximum atomic E-state index is 12.8. The average molecular weight is 445 g/mol. The van der Waals surface area contributed by atoms with Gasteiger partial charge in [-0.25, -0.2) is 9.97 Å². The molecular weight excluding hydrogens is 416 g/mol. The molecule has 1 aromatic carbocycles. The van der Waals surface area contributed by atoms with Gasteiger partial charge in [-0.3, -0.25) is 4.79 Å². The van der Waals surface area contributed by atoms with Gasteiger partial charge in [0, 0.05) is 32.2 Å². The van der Waals surface area contributed by atoms with Crippen LogP contribution in [0.4, 0.5) is 11.6 Å². The summed E-state index contributed by atoms with van der Waals surface area (Å²) in [6, 6.07) is 11.7. The Kier molecular flexibility index (Phi) is 7.61. The molecule has 4 rings (SSSR count). The van der Waals surface area contributed by atoms with Crippen molar-refractivity contribution in [1.29, 1.82) is 0 Å². The van der Waals surface area contributed by atoms with E-state index in [0.717, 1.165) is 43.4 Å². The Bertz CT molecular complexity index is 822. The predicted octanol–water partition coefficient (Wildman–Crippen LogP) is 2.55. The summed E-state index contributed by atoms with van der Waals surface area (Å²) in [5.41, 5.74) is 0.874. The molecule has 1 aromatic heterocycles. The van der Waals surface area contributed by atoms with Gasteiger partial charge in [-0.1, -0.05) is 42.1 Å². The van der Waals surface area contributed by atoms with Crippen LogP contribution < -0.4 is 9.80 Å². The summed E-state index contributed by atoms with van der Waals surface area (Å²) in [5.74, 6) is 1.43. The second kappa shape index (κ2) is 10.8. The van der Waals surface area contributed by atoms with Crippen LogP contribution in [0.3, 0.4) is 0 Å². The highest BCUT2D eigenvalue weighted by Crippen LogP contribution is 2.36. The van der Waals surface area contributed by atoms with E-state index in [1.54, 1.807) is 0 Å². The van der Waals surface area contributed by atoms with E-state index in [4.69, 9.17) is 24.2 Å². The normalized spacial score (nSPS) is 18.0. The fraction of sp³-hybridized carbons (Fsp3) is 0.500. The highest BCUT2D eigenvalue weighted by Gasteiger charge is 2.26. The van der Waals surface area contributed by atoms with Crippen LogP contribution in [0, 0.1) is 0 Å². The monoisotopic (exact) mass is 444 g/mol. The van der Waals surface area contributed by atoms with Crippen molar-refractivity contribution in [3.63, 3.8) is 0 Å². The van der Waals surface area contributed by atoms with Crippen LogP contribution in [-0.4, -0.2) is 75.2 Å². The number of benzene rings is 1. The summed E-state index contributed by atoms with van der Waals surface area (Å²) >= 11 is 1.33. The highest BCUT2D eigenvalue weighted by atomic mass is 32.2. The van der Waals surface area contributed by atoms with Crippen LogP contribution in [-0.2, 0) is 19.0 Å². The fourth-order valence-electron chi connectivity index (χ4n) is 3.57. The Morgan fingerprint density at radius 2 is 1.55 bits per heavy atom. The van der Waals surface area contributed by atoms with Crippen molar-refractivity contribution in [3.05, 3.63) is 42.0 Å². The summed E-state index contributed by atoms with van der Waals surface area (Å²) < 4.78 is 16.4. The minimum Gasteiger partial charge on any atom is -0.465 e. The van der Waals surface area contributed by atoms with E-state index in [1.165, 1.54) is 11.8 Å². The largest absolute Gasteiger partial charge is 0.465 e. The summed E-state index contributed by atoms with van der Waals surface area (Å²) in [4.78, 5) is 26.8. The van der Waals surface area contributed by atoms with E-state index in [2.05, 4.69) is 9.80 Å². The van der Waals surface area contributed by atoms with Gasteiger partial charge in [0.25, 0.3) is 0 Å². The molecule has 0 spiro atoms. The summed E-state index contributed by atoms with van der Waals surface area (Å²) in [6.07, 6.45) is 0. The number of aromatic nitrogens is 2. The first kappa shape index (κ1) is 21.9. The molecule has 3 heterocycles. The third-order valence-corrected chi connectivity index (χ3v) is 6.27. The first-order chi connectivity index (χ1) is 15.2. The minimum absolute atomic E-state index is 0.285. The number of thioether (sulfide) groups is 1. The quantitative estimate of drug-likeness (QED) is 0.364. The number of esters is 1. The maximum absolute atomic E-state index is 12.8. The van der Waals surface area contributed by atoms with Crippen molar-refractivity contribution in [2.24, 2.45) is 0 Å². The molecule has 2 aromatic rings. The van der Waals surface area contributed by atoms with E-state index >= 15 is 0 Å². The lowest BCUT2D eigenvalue weighted by Crippen LogP contribution is -2.39. The van der Waals surface area contributed by atoms with E-state index in [9.17, 15) is 4.79 Å². The van der Waals surface area contributed by atoms with Crippen molar-refractivity contribution < 1.29 is 19.0 Å². The van der Waals surface area contributed by atoms with Gasteiger partial charge in [-0.05, 0) is 12.5 Å². The van der Waals surface area contributed by atoms with Gasteiger partial charge in [0.1, 0.15) is 16.9 Å². The molecule has 2 aliphatic heterocycles. The van der Waals surface area contributed by atoms with Crippen molar-refractivity contribution in [2.75, 3.05) is 69.0 Å². The third kappa shape index (κ3) is 5.66. The zero-order valence-electron chi connectivity index (χ0n) is 17.7. The van der Waals surface area contributed by atoms with Crippen LogP contribution in [0.1, 0.15) is 17.7 Å². The molecule has 2 saturated heterocycles. The Morgan fingerprint density at radius 3 is 2.06 bits per heavy atom. The average Bonchev–Trinajstić information content (AvgIpc) is 2.84. The number of hydrogen-bond acceptors (Lipinski definition) is 9. The van der Waals surface area contributed by atoms with Gasteiger partial charge in [0.05, 0.1) is 33.0 Å². The fourth-order valence-corrected chi connectivity index (χ4v) is 4.53. The zero-order valence-corrected chi connectivity index (χ0v) is 18.6. The Morgan fingerprint density at radius 1 is 1.00 bits per heavy atom. The maximum Gasteiger partial charge on any atom is 0.324 e. The molecule has 2 aliphatic rings. The lowest BCUT2D eigenvalue weighted by molar-refractivity contribution is -0.142. The number of rotatable bonds is 7. The van der Waals surface area contributed by atoms with Gasteiger partial charge >= 0.3 is 5.97 Å². The van der Waals surface area contributed by atoms with Gasteiger partial charge in [-0.15, -0.1) is 0 Å². The molecule has 0 bridgehead atoms. The van der Waals surface area contributed by atoms with Crippen LogP contribution in [0.25, 0.3) is 0 Å². The number of nitrogens with zero attached hydrogens (tertiary/aromatic N) is 4. The molecule has 31 heavy (non-hydrogen) atoms. The Balaban J connectivity index is 1.66. The van der Waals surface area contributed by atoms with Gasteiger partial charge in [0.2, 0.25) is 0 Å². The van der Waals surface area contributed by atoms with Gasteiger partial charge in [0.15, 0.2) is 5.16 Å². The van der Waals surface area contributed by atoms with Crippen LogP contribution >= 0.6 is 11.8 Å². The standard InChI is InChI=1S/C22H28N4O4S/c1-2-30-21(27)20(17-6-4-3-5-7-17)31-22-23-18(25-8-12-28-13-9-25)16-19(24-22)26-10-14-29-15-11-26/h3-7,16,20H,2,8-15H2,1H3. The van der Waals surface area contributed by atoms with E-state index in [0.29, 0.717) is 38.2 Å². The molecule has 1 atom stereocenters. The molecule has 2 fully saturated rings. The van der Waals surface area contributed by atoms with Crippen molar-refractivity contribution in [3.8, 4) is 0 Å². The van der Waals surface area contributed by atoms with E-state index < -0.39 is 5.25 Å². The molecule has 0 saturated carbocycles. The summed E-state index contributed by atoms with van der Waals surface area (Å²) in [6.45, 7) is 7.97. The molecule has 0 amide bonds. The van der Waals surface area contributed by atoms with E-state index in [-0.39, 0.29) is 5.97 Å². The van der Waals surface area contributed by atoms with Gasteiger partial charge < -0.3 is 24.0 Å². The number of carbonyl (C=O) groups excluding carboxylic acids is 1.